The van der Waals surface area contributed by atoms with Crippen LogP contribution in [0.1, 0.15) is 30.9 Å². The first-order chi connectivity index (χ1) is 8.98. The van der Waals surface area contributed by atoms with Crippen molar-refractivity contribution in [2.45, 2.75) is 38.2 Å². The number of hydrogen-bond donors (Lipinski definition) is 1. The molecule has 2 rings (SSSR count). The molecular formula is C14H21NO3S. The van der Waals surface area contributed by atoms with Gasteiger partial charge in [-0.2, -0.15) is 4.31 Å². The maximum atomic E-state index is 12.5. The Morgan fingerprint density at radius 1 is 1.42 bits per heavy atom. The number of benzene rings is 1. The number of aryl methyl sites for hydroxylation is 1. The number of aliphatic hydroxyl groups excluding tert-OH is 1. The Balaban J connectivity index is 2.30. The molecule has 1 heterocycles. The summed E-state index contributed by atoms with van der Waals surface area (Å²) < 4.78 is 26.6. The topological polar surface area (TPSA) is 57.6 Å². The standard InChI is InChI=1S/C14H21NO3S/c1-3-12-6-7-15(9-12)19(17,18)14-5-4-11(2)13(8-14)10-16/h4-5,8,12,16H,3,6-7,9-10H2,1-2H3. The summed E-state index contributed by atoms with van der Waals surface area (Å²) in [6.45, 7) is 5.04. The Labute approximate surface area is 115 Å². The summed E-state index contributed by atoms with van der Waals surface area (Å²) in [5, 5.41) is 9.25. The van der Waals surface area contributed by atoms with Crippen LogP contribution in [0.5, 0.6) is 0 Å². The van der Waals surface area contributed by atoms with E-state index in [1.807, 2.05) is 6.92 Å². The van der Waals surface area contributed by atoms with Gasteiger partial charge in [-0.05, 0) is 42.5 Å². The highest BCUT2D eigenvalue weighted by atomic mass is 32.2. The summed E-state index contributed by atoms with van der Waals surface area (Å²) in [4.78, 5) is 0.291. The second kappa shape index (κ2) is 5.61. The first-order valence-corrected chi connectivity index (χ1v) is 8.13. The molecular weight excluding hydrogens is 262 g/mol. The van der Waals surface area contributed by atoms with Crippen molar-refractivity contribution in [1.29, 1.82) is 0 Å². The minimum Gasteiger partial charge on any atom is -0.392 e. The zero-order chi connectivity index (χ0) is 14.0. The van der Waals surface area contributed by atoms with Gasteiger partial charge in [-0.1, -0.05) is 19.4 Å². The minimum atomic E-state index is -3.41. The molecule has 0 bridgehead atoms. The van der Waals surface area contributed by atoms with Gasteiger partial charge >= 0.3 is 0 Å². The van der Waals surface area contributed by atoms with Crippen molar-refractivity contribution in [2.75, 3.05) is 13.1 Å². The molecule has 0 aromatic heterocycles. The lowest BCUT2D eigenvalue weighted by Gasteiger charge is -2.17. The van der Waals surface area contributed by atoms with Crippen LogP contribution in [0.3, 0.4) is 0 Å². The lowest BCUT2D eigenvalue weighted by molar-refractivity contribution is 0.280. The van der Waals surface area contributed by atoms with Gasteiger partial charge in [0.05, 0.1) is 11.5 Å². The summed E-state index contributed by atoms with van der Waals surface area (Å²) in [6.07, 6.45) is 1.95. The molecule has 1 saturated heterocycles. The molecule has 0 spiro atoms. The molecule has 1 aliphatic rings. The smallest absolute Gasteiger partial charge is 0.243 e. The summed E-state index contributed by atoms with van der Waals surface area (Å²) >= 11 is 0. The number of aliphatic hydroxyl groups is 1. The van der Waals surface area contributed by atoms with E-state index in [1.54, 1.807) is 22.5 Å². The van der Waals surface area contributed by atoms with Gasteiger partial charge in [0.25, 0.3) is 0 Å². The van der Waals surface area contributed by atoms with Crippen molar-refractivity contribution < 1.29 is 13.5 Å². The molecule has 106 valence electrons. The van der Waals surface area contributed by atoms with Crippen LogP contribution in [0, 0.1) is 12.8 Å². The van der Waals surface area contributed by atoms with Crippen LogP contribution in [0.2, 0.25) is 0 Å². The maximum absolute atomic E-state index is 12.5. The highest BCUT2D eigenvalue weighted by Crippen LogP contribution is 2.26. The van der Waals surface area contributed by atoms with E-state index in [2.05, 4.69) is 6.92 Å². The normalized spacial score (nSPS) is 20.9. The Morgan fingerprint density at radius 2 is 2.16 bits per heavy atom. The van der Waals surface area contributed by atoms with Crippen molar-refractivity contribution in [3.63, 3.8) is 0 Å². The molecule has 1 aromatic carbocycles. The van der Waals surface area contributed by atoms with E-state index in [-0.39, 0.29) is 6.61 Å². The van der Waals surface area contributed by atoms with E-state index in [1.165, 1.54) is 0 Å². The quantitative estimate of drug-likeness (QED) is 0.918. The van der Waals surface area contributed by atoms with Crippen molar-refractivity contribution in [2.24, 2.45) is 5.92 Å². The fraction of sp³-hybridized carbons (Fsp3) is 0.571. The van der Waals surface area contributed by atoms with Gasteiger partial charge in [-0.3, -0.25) is 0 Å². The Kier molecular flexibility index (Phi) is 4.28. The SMILES string of the molecule is CCC1CCN(S(=O)(=O)c2ccc(C)c(CO)c2)C1. The van der Waals surface area contributed by atoms with Gasteiger partial charge in [-0.25, -0.2) is 8.42 Å². The van der Waals surface area contributed by atoms with Crippen LogP contribution in [-0.4, -0.2) is 30.9 Å². The van der Waals surface area contributed by atoms with Gasteiger partial charge < -0.3 is 5.11 Å². The Hall–Kier alpha value is -0.910. The largest absolute Gasteiger partial charge is 0.392 e. The van der Waals surface area contributed by atoms with Gasteiger partial charge in [0.15, 0.2) is 0 Å². The van der Waals surface area contributed by atoms with E-state index in [4.69, 9.17) is 0 Å². The van der Waals surface area contributed by atoms with Gasteiger partial charge in [-0.15, -0.1) is 0 Å². The zero-order valence-corrected chi connectivity index (χ0v) is 12.3. The minimum absolute atomic E-state index is 0.132. The Morgan fingerprint density at radius 3 is 2.74 bits per heavy atom. The molecule has 1 atom stereocenters. The summed E-state index contributed by atoms with van der Waals surface area (Å²) in [6, 6.07) is 4.97. The fourth-order valence-electron chi connectivity index (χ4n) is 2.48. The predicted octanol–water partition coefficient (Wildman–Crippen LogP) is 1.91. The lowest BCUT2D eigenvalue weighted by Crippen LogP contribution is -2.29. The van der Waals surface area contributed by atoms with Crippen LogP contribution < -0.4 is 0 Å². The average Bonchev–Trinajstić information content (AvgIpc) is 2.88. The van der Waals surface area contributed by atoms with E-state index in [0.717, 1.165) is 18.4 Å². The second-order valence-electron chi connectivity index (χ2n) is 5.17. The molecule has 1 N–H and O–H groups in total. The van der Waals surface area contributed by atoms with Gasteiger partial charge in [0.2, 0.25) is 10.0 Å². The van der Waals surface area contributed by atoms with Crippen molar-refractivity contribution >= 4 is 10.0 Å². The molecule has 1 fully saturated rings. The molecule has 1 aromatic rings. The number of sulfonamides is 1. The molecule has 5 heteroatoms. The molecule has 19 heavy (non-hydrogen) atoms. The fourth-order valence-corrected chi connectivity index (χ4v) is 4.06. The van der Waals surface area contributed by atoms with Crippen LogP contribution in [0.25, 0.3) is 0 Å². The van der Waals surface area contributed by atoms with Crippen molar-refractivity contribution in [3.8, 4) is 0 Å². The van der Waals surface area contributed by atoms with Crippen molar-refractivity contribution in [3.05, 3.63) is 29.3 Å². The Bertz CT molecular complexity index is 554. The van der Waals surface area contributed by atoms with Crippen LogP contribution in [-0.2, 0) is 16.6 Å². The van der Waals surface area contributed by atoms with Gasteiger partial charge in [0.1, 0.15) is 0 Å². The number of nitrogens with zero attached hydrogens (tertiary/aromatic N) is 1. The highest BCUT2D eigenvalue weighted by Gasteiger charge is 2.31. The predicted molar refractivity (Wildman–Crippen MR) is 74.3 cm³/mol. The molecule has 1 aliphatic heterocycles. The van der Waals surface area contributed by atoms with Crippen LogP contribution in [0.15, 0.2) is 23.1 Å². The maximum Gasteiger partial charge on any atom is 0.243 e. The third-order valence-corrected chi connectivity index (χ3v) is 5.82. The molecule has 0 saturated carbocycles. The number of hydrogen-bond acceptors (Lipinski definition) is 3. The molecule has 0 aliphatic carbocycles. The van der Waals surface area contributed by atoms with Gasteiger partial charge in [0, 0.05) is 13.1 Å². The second-order valence-corrected chi connectivity index (χ2v) is 7.11. The summed E-state index contributed by atoms with van der Waals surface area (Å²) in [5.74, 6) is 0.470. The third kappa shape index (κ3) is 2.83. The van der Waals surface area contributed by atoms with E-state index in [9.17, 15) is 13.5 Å². The van der Waals surface area contributed by atoms with E-state index >= 15 is 0 Å². The molecule has 0 amide bonds. The zero-order valence-electron chi connectivity index (χ0n) is 11.5. The summed E-state index contributed by atoms with van der Waals surface area (Å²) in [5.41, 5.74) is 1.58. The van der Waals surface area contributed by atoms with E-state index in [0.29, 0.717) is 29.5 Å². The first-order valence-electron chi connectivity index (χ1n) is 6.69. The monoisotopic (exact) mass is 283 g/mol. The molecule has 4 nitrogen and oxygen atoms in total. The van der Waals surface area contributed by atoms with Crippen LogP contribution in [0.4, 0.5) is 0 Å². The first kappa shape index (κ1) is 14.5. The lowest BCUT2D eigenvalue weighted by atomic mass is 10.1. The van der Waals surface area contributed by atoms with Crippen LogP contribution >= 0.6 is 0 Å². The molecule has 1 unspecified atom stereocenters. The van der Waals surface area contributed by atoms with Crippen molar-refractivity contribution in [1.82, 2.24) is 4.31 Å². The van der Waals surface area contributed by atoms with E-state index < -0.39 is 10.0 Å². The third-order valence-electron chi connectivity index (χ3n) is 3.95. The highest BCUT2D eigenvalue weighted by molar-refractivity contribution is 7.89. The number of rotatable bonds is 4. The summed E-state index contributed by atoms with van der Waals surface area (Å²) in [7, 11) is -3.41. The molecule has 0 radical (unpaired) electrons. The average molecular weight is 283 g/mol.